The van der Waals surface area contributed by atoms with Crippen molar-refractivity contribution in [3.05, 3.63) is 93.8 Å². The summed E-state index contributed by atoms with van der Waals surface area (Å²) < 4.78 is 11.0. The first-order valence-corrected chi connectivity index (χ1v) is 9.81. The largest absolute Gasteiger partial charge is 0.489 e. The average Bonchev–Trinajstić information content (AvgIpc) is 2.79. The van der Waals surface area contributed by atoms with E-state index < -0.39 is 10.8 Å². The molecule has 0 saturated carbocycles. The molecule has 0 spiro atoms. The van der Waals surface area contributed by atoms with Crippen LogP contribution in [0.15, 0.2) is 67.0 Å². The molecule has 0 aliphatic carbocycles. The minimum Gasteiger partial charge on any atom is -0.489 e. The molecular weight excluding hydrogens is 398 g/mol. The predicted octanol–water partition coefficient (Wildman–Crippen LogP) is 4.46. The van der Waals surface area contributed by atoms with Crippen molar-refractivity contribution in [3.63, 3.8) is 0 Å². The first-order valence-electron chi connectivity index (χ1n) is 9.81. The molecule has 1 unspecified atom stereocenters. The number of benzene rings is 2. The fourth-order valence-electron chi connectivity index (χ4n) is 2.95. The van der Waals surface area contributed by atoms with Crippen LogP contribution in [-0.2, 0) is 6.61 Å². The first kappa shape index (κ1) is 21.8. The van der Waals surface area contributed by atoms with E-state index in [2.05, 4.69) is 10.3 Å². The smallest absolute Gasteiger partial charge is 0.311 e. The topological polar surface area (TPSA) is 104 Å². The van der Waals surface area contributed by atoms with Crippen LogP contribution >= 0.6 is 0 Å². The summed E-state index contributed by atoms with van der Waals surface area (Å²) in [7, 11) is 0. The molecule has 0 radical (unpaired) electrons. The molecule has 0 aliphatic heterocycles. The predicted molar refractivity (Wildman–Crippen MR) is 115 cm³/mol. The fraction of sp³-hybridized carbons (Fsp3) is 0.217. The maximum Gasteiger partial charge on any atom is 0.311 e. The standard InChI is InChI=1S/C23H23N3O5/c1-3-30-22-11-8-19(13-21(22)26(28)29)23(27)25-16(2)18-6-9-20(10-7-18)31-15-17-5-4-12-24-14-17/h4-14,16H,3,15H2,1-2H3,(H,25,27). The van der Waals surface area contributed by atoms with E-state index in [9.17, 15) is 14.9 Å². The third-order valence-electron chi connectivity index (χ3n) is 4.57. The summed E-state index contributed by atoms with van der Waals surface area (Å²) in [6.07, 6.45) is 3.46. The van der Waals surface area contributed by atoms with Crippen molar-refractivity contribution in [2.75, 3.05) is 6.61 Å². The van der Waals surface area contributed by atoms with Gasteiger partial charge in [-0.25, -0.2) is 0 Å². The second-order valence-electron chi connectivity index (χ2n) is 6.79. The molecule has 0 fully saturated rings. The van der Waals surface area contributed by atoms with Gasteiger partial charge in [0.2, 0.25) is 0 Å². The van der Waals surface area contributed by atoms with E-state index in [1.165, 1.54) is 18.2 Å². The second-order valence-corrected chi connectivity index (χ2v) is 6.79. The first-order chi connectivity index (χ1) is 15.0. The van der Waals surface area contributed by atoms with E-state index >= 15 is 0 Å². The summed E-state index contributed by atoms with van der Waals surface area (Å²) in [5.74, 6) is 0.433. The lowest BCUT2D eigenvalue weighted by Crippen LogP contribution is -2.26. The van der Waals surface area contributed by atoms with Gasteiger partial charge in [-0.3, -0.25) is 19.9 Å². The van der Waals surface area contributed by atoms with Gasteiger partial charge in [0.1, 0.15) is 12.4 Å². The molecule has 31 heavy (non-hydrogen) atoms. The quantitative estimate of drug-likeness (QED) is 0.404. The van der Waals surface area contributed by atoms with Crippen LogP contribution < -0.4 is 14.8 Å². The molecule has 1 atom stereocenters. The molecule has 1 N–H and O–H groups in total. The highest BCUT2D eigenvalue weighted by Gasteiger charge is 2.19. The Kier molecular flexibility index (Phi) is 7.16. The van der Waals surface area contributed by atoms with Gasteiger partial charge in [-0.1, -0.05) is 18.2 Å². The number of amides is 1. The second kappa shape index (κ2) is 10.2. The number of nitro benzene ring substituents is 1. The third-order valence-corrected chi connectivity index (χ3v) is 4.57. The zero-order valence-electron chi connectivity index (χ0n) is 17.3. The Balaban J connectivity index is 1.63. The summed E-state index contributed by atoms with van der Waals surface area (Å²) in [5.41, 5.74) is 1.80. The van der Waals surface area contributed by atoms with Crippen LogP contribution in [-0.4, -0.2) is 22.4 Å². The number of rotatable bonds is 9. The normalized spacial score (nSPS) is 11.4. The Morgan fingerprint density at radius 1 is 1.16 bits per heavy atom. The average molecular weight is 421 g/mol. The molecule has 1 heterocycles. The fourth-order valence-corrected chi connectivity index (χ4v) is 2.95. The van der Waals surface area contributed by atoms with E-state index in [-0.39, 0.29) is 23.0 Å². The van der Waals surface area contributed by atoms with Gasteiger partial charge in [-0.05, 0) is 49.7 Å². The van der Waals surface area contributed by atoms with Gasteiger partial charge in [-0.2, -0.15) is 0 Å². The highest BCUT2D eigenvalue weighted by molar-refractivity contribution is 5.95. The molecule has 3 rings (SSSR count). The van der Waals surface area contributed by atoms with Crippen molar-refractivity contribution < 1.29 is 19.2 Å². The lowest BCUT2D eigenvalue weighted by Gasteiger charge is -2.15. The molecular formula is C23H23N3O5. The van der Waals surface area contributed by atoms with Gasteiger partial charge in [0.25, 0.3) is 5.91 Å². The summed E-state index contributed by atoms with van der Waals surface area (Å²) in [6.45, 7) is 4.29. The number of carbonyl (C=O) groups excluding carboxylic acids is 1. The number of hydrogen-bond donors (Lipinski definition) is 1. The van der Waals surface area contributed by atoms with Crippen molar-refractivity contribution in [1.29, 1.82) is 0 Å². The summed E-state index contributed by atoms with van der Waals surface area (Å²) >= 11 is 0. The van der Waals surface area contributed by atoms with Crippen LogP contribution in [0.25, 0.3) is 0 Å². The van der Waals surface area contributed by atoms with Crippen molar-refractivity contribution >= 4 is 11.6 Å². The highest BCUT2D eigenvalue weighted by Crippen LogP contribution is 2.28. The van der Waals surface area contributed by atoms with Gasteiger partial charge >= 0.3 is 5.69 Å². The highest BCUT2D eigenvalue weighted by atomic mass is 16.6. The van der Waals surface area contributed by atoms with Gasteiger partial charge in [-0.15, -0.1) is 0 Å². The number of hydrogen-bond acceptors (Lipinski definition) is 6. The van der Waals surface area contributed by atoms with Gasteiger partial charge < -0.3 is 14.8 Å². The maximum atomic E-state index is 12.6. The Bertz CT molecular complexity index is 1040. The summed E-state index contributed by atoms with van der Waals surface area (Å²) in [4.78, 5) is 27.4. The monoisotopic (exact) mass is 421 g/mol. The van der Waals surface area contributed by atoms with Crippen LogP contribution in [0.4, 0.5) is 5.69 Å². The molecule has 1 amide bonds. The van der Waals surface area contributed by atoms with E-state index in [0.717, 1.165) is 11.1 Å². The lowest BCUT2D eigenvalue weighted by molar-refractivity contribution is -0.385. The molecule has 8 heteroatoms. The molecule has 0 aliphatic rings. The molecule has 0 bridgehead atoms. The number of nitrogens with one attached hydrogen (secondary N) is 1. The van der Waals surface area contributed by atoms with Gasteiger partial charge in [0, 0.05) is 29.6 Å². The Labute approximate surface area is 180 Å². The van der Waals surface area contributed by atoms with Crippen LogP contribution in [0, 0.1) is 10.1 Å². The van der Waals surface area contributed by atoms with Gasteiger partial charge in [0.05, 0.1) is 17.6 Å². The minimum absolute atomic E-state index is 0.138. The summed E-state index contributed by atoms with van der Waals surface area (Å²) in [5, 5.41) is 14.1. The molecule has 2 aromatic carbocycles. The molecule has 3 aromatic rings. The third kappa shape index (κ3) is 5.79. The molecule has 1 aromatic heterocycles. The Morgan fingerprint density at radius 2 is 1.94 bits per heavy atom. The van der Waals surface area contributed by atoms with Crippen LogP contribution in [0.1, 0.15) is 41.4 Å². The van der Waals surface area contributed by atoms with Crippen molar-refractivity contribution in [2.24, 2.45) is 0 Å². The zero-order valence-corrected chi connectivity index (χ0v) is 17.3. The number of ether oxygens (including phenoxy) is 2. The van der Waals surface area contributed by atoms with E-state index in [1.807, 2.05) is 43.3 Å². The molecule has 8 nitrogen and oxygen atoms in total. The number of nitro groups is 1. The van der Waals surface area contributed by atoms with Crippen LogP contribution in [0.2, 0.25) is 0 Å². The van der Waals surface area contributed by atoms with Crippen LogP contribution in [0.3, 0.4) is 0 Å². The number of pyridine rings is 1. The van der Waals surface area contributed by atoms with Crippen LogP contribution in [0.5, 0.6) is 11.5 Å². The Morgan fingerprint density at radius 3 is 2.58 bits per heavy atom. The SMILES string of the molecule is CCOc1ccc(C(=O)NC(C)c2ccc(OCc3cccnc3)cc2)cc1[N+](=O)[O-]. The Hall–Kier alpha value is -3.94. The molecule has 0 saturated heterocycles. The van der Waals surface area contributed by atoms with E-state index in [4.69, 9.17) is 9.47 Å². The van der Waals surface area contributed by atoms with Crippen molar-refractivity contribution in [3.8, 4) is 11.5 Å². The maximum absolute atomic E-state index is 12.6. The molecule has 160 valence electrons. The van der Waals surface area contributed by atoms with E-state index in [1.54, 1.807) is 19.3 Å². The number of carbonyl (C=O) groups is 1. The van der Waals surface area contributed by atoms with Crippen molar-refractivity contribution in [1.82, 2.24) is 10.3 Å². The lowest BCUT2D eigenvalue weighted by atomic mass is 10.1. The zero-order chi connectivity index (χ0) is 22.2. The van der Waals surface area contributed by atoms with Gasteiger partial charge in [0.15, 0.2) is 5.75 Å². The number of aromatic nitrogens is 1. The van der Waals surface area contributed by atoms with Crippen molar-refractivity contribution in [2.45, 2.75) is 26.5 Å². The number of nitrogens with zero attached hydrogens (tertiary/aromatic N) is 2. The minimum atomic E-state index is -0.560. The van der Waals surface area contributed by atoms with E-state index in [0.29, 0.717) is 19.0 Å². The summed E-state index contributed by atoms with van der Waals surface area (Å²) in [6, 6.07) is 15.1.